The molecule has 1 aromatic rings. The molecule has 0 saturated carbocycles. The quantitative estimate of drug-likeness (QED) is 0.417. The molecule has 0 atom stereocenters. The van der Waals surface area contributed by atoms with Gasteiger partial charge in [0.1, 0.15) is 0 Å². The second kappa shape index (κ2) is 11.2. The Morgan fingerprint density at radius 2 is 2.05 bits per heavy atom. The van der Waals surface area contributed by atoms with Crippen LogP contribution in [0.2, 0.25) is 0 Å². The fraction of sp³-hybridized carbons (Fsp3) is 0.588. The molecule has 0 aromatic heterocycles. The SMILES string of the molecule is CCNC(=NCc1cccc(N(C)C)c1)NCCCCSC. The molecule has 4 nitrogen and oxygen atoms in total. The number of aliphatic imine (C=N–C) groups is 1. The molecule has 0 aliphatic rings. The molecule has 0 aliphatic carbocycles. The highest BCUT2D eigenvalue weighted by Crippen LogP contribution is 2.13. The molecule has 124 valence electrons. The Balaban J connectivity index is 2.52. The number of thioether (sulfide) groups is 1. The van der Waals surface area contributed by atoms with Gasteiger partial charge in [-0.15, -0.1) is 0 Å². The Bertz CT molecular complexity index is 446. The number of nitrogens with zero attached hydrogens (tertiary/aromatic N) is 2. The van der Waals surface area contributed by atoms with Crippen molar-refractivity contribution in [3.8, 4) is 0 Å². The summed E-state index contributed by atoms with van der Waals surface area (Å²) in [5, 5.41) is 6.71. The van der Waals surface area contributed by atoms with Gasteiger partial charge in [-0.05, 0) is 49.5 Å². The zero-order chi connectivity index (χ0) is 16.2. The van der Waals surface area contributed by atoms with E-state index >= 15 is 0 Å². The van der Waals surface area contributed by atoms with Gasteiger partial charge in [0.25, 0.3) is 0 Å². The Morgan fingerprint density at radius 1 is 1.23 bits per heavy atom. The summed E-state index contributed by atoms with van der Waals surface area (Å²) in [6.07, 6.45) is 4.58. The van der Waals surface area contributed by atoms with E-state index in [0.717, 1.165) is 19.0 Å². The smallest absolute Gasteiger partial charge is 0.191 e. The third-order valence-corrected chi connectivity index (χ3v) is 3.96. The number of hydrogen-bond donors (Lipinski definition) is 2. The summed E-state index contributed by atoms with van der Waals surface area (Å²) in [6, 6.07) is 8.51. The molecule has 0 bridgehead atoms. The van der Waals surface area contributed by atoms with Gasteiger partial charge in [-0.3, -0.25) is 0 Å². The van der Waals surface area contributed by atoms with Crippen LogP contribution in [-0.4, -0.2) is 45.2 Å². The fourth-order valence-corrected chi connectivity index (χ4v) is 2.52. The summed E-state index contributed by atoms with van der Waals surface area (Å²) in [5.74, 6) is 2.13. The minimum absolute atomic E-state index is 0.696. The lowest BCUT2D eigenvalue weighted by atomic mass is 10.2. The minimum atomic E-state index is 0.696. The monoisotopic (exact) mass is 322 g/mol. The molecule has 0 saturated heterocycles. The third kappa shape index (κ3) is 7.59. The van der Waals surface area contributed by atoms with Gasteiger partial charge >= 0.3 is 0 Å². The first-order valence-electron chi connectivity index (χ1n) is 7.94. The van der Waals surface area contributed by atoms with E-state index in [1.807, 2.05) is 11.8 Å². The first-order chi connectivity index (χ1) is 10.7. The van der Waals surface area contributed by atoms with Gasteiger partial charge in [-0.25, -0.2) is 4.99 Å². The zero-order valence-corrected chi connectivity index (χ0v) is 15.2. The van der Waals surface area contributed by atoms with Gasteiger partial charge in [0.05, 0.1) is 6.54 Å². The molecule has 1 aromatic carbocycles. The van der Waals surface area contributed by atoms with Crippen LogP contribution in [0.25, 0.3) is 0 Å². The summed E-state index contributed by atoms with van der Waals surface area (Å²) in [5.41, 5.74) is 2.44. The van der Waals surface area contributed by atoms with Crippen molar-refractivity contribution in [2.24, 2.45) is 4.99 Å². The lowest BCUT2D eigenvalue weighted by Gasteiger charge is -2.14. The van der Waals surface area contributed by atoms with Crippen LogP contribution in [0, 0.1) is 0 Å². The van der Waals surface area contributed by atoms with Crippen LogP contribution in [0.5, 0.6) is 0 Å². The Kier molecular flexibility index (Phi) is 9.55. The normalized spacial score (nSPS) is 11.4. The molecular weight excluding hydrogens is 292 g/mol. The Hall–Kier alpha value is -1.36. The number of guanidine groups is 1. The maximum absolute atomic E-state index is 4.67. The summed E-state index contributed by atoms with van der Waals surface area (Å²) in [7, 11) is 4.12. The molecule has 0 aliphatic heterocycles. The number of anilines is 1. The summed E-state index contributed by atoms with van der Waals surface area (Å²) >= 11 is 1.90. The van der Waals surface area contributed by atoms with Crippen LogP contribution < -0.4 is 15.5 Å². The molecule has 0 fully saturated rings. The molecule has 1 rings (SSSR count). The van der Waals surface area contributed by atoms with Crippen molar-refractivity contribution in [1.29, 1.82) is 0 Å². The van der Waals surface area contributed by atoms with E-state index in [4.69, 9.17) is 0 Å². The van der Waals surface area contributed by atoms with E-state index < -0.39 is 0 Å². The standard InChI is InChI=1S/C17H30N4S/c1-5-18-17(19-11-6-7-12-22-4)20-14-15-9-8-10-16(13-15)21(2)3/h8-10,13H,5-7,11-12,14H2,1-4H3,(H2,18,19,20). The highest BCUT2D eigenvalue weighted by molar-refractivity contribution is 7.98. The average Bonchev–Trinajstić information content (AvgIpc) is 2.52. The van der Waals surface area contributed by atoms with Crippen molar-refractivity contribution in [2.75, 3.05) is 44.1 Å². The second-order valence-corrected chi connectivity index (χ2v) is 6.37. The fourth-order valence-electron chi connectivity index (χ4n) is 2.02. The van der Waals surface area contributed by atoms with E-state index in [1.165, 1.54) is 29.8 Å². The van der Waals surface area contributed by atoms with Crippen LogP contribution in [0.1, 0.15) is 25.3 Å². The molecule has 0 radical (unpaired) electrons. The van der Waals surface area contributed by atoms with E-state index in [2.05, 4.69) is 72.1 Å². The second-order valence-electron chi connectivity index (χ2n) is 5.39. The van der Waals surface area contributed by atoms with Crippen LogP contribution >= 0.6 is 11.8 Å². The van der Waals surface area contributed by atoms with Crippen molar-refractivity contribution < 1.29 is 0 Å². The van der Waals surface area contributed by atoms with Crippen LogP contribution in [0.3, 0.4) is 0 Å². The number of unbranched alkanes of at least 4 members (excludes halogenated alkanes) is 1. The Labute approximate surface area is 139 Å². The molecule has 5 heteroatoms. The topological polar surface area (TPSA) is 39.7 Å². The number of nitrogens with one attached hydrogen (secondary N) is 2. The molecule has 22 heavy (non-hydrogen) atoms. The molecule has 0 spiro atoms. The van der Waals surface area contributed by atoms with Gasteiger partial charge in [0.2, 0.25) is 0 Å². The molecule has 0 amide bonds. The van der Waals surface area contributed by atoms with Gasteiger partial charge in [-0.1, -0.05) is 12.1 Å². The minimum Gasteiger partial charge on any atom is -0.378 e. The van der Waals surface area contributed by atoms with Gasteiger partial charge in [0, 0.05) is 32.9 Å². The van der Waals surface area contributed by atoms with E-state index in [1.54, 1.807) is 0 Å². The van der Waals surface area contributed by atoms with Gasteiger partial charge in [0.15, 0.2) is 5.96 Å². The molecule has 2 N–H and O–H groups in total. The van der Waals surface area contributed by atoms with Crippen LogP contribution in [0.4, 0.5) is 5.69 Å². The predicted molar refractivity (Wildman–Crippen MR) is 101 cm³/mol. The summed E-state index contributed by atoms with van der Waals surface area (Å²) < 4.78 is 0. The molecular formula is C17H30N4S. The summed E-state index contributed by atoms with van der Waals surface area (Å²) in [6.45, 7) is 4.65. The number of benzene rings is 1. The van der Waals surface area contributed by atoms with Crippen molar-refractivity contribution in [3.63, 3.8) is 0 Å². The Morgan fingerprint density at radius 3 is 2.73 bits per heavy atom. The van der Waals surface area contributed by atoms with E-state index in [9.17, 15) is 0 Å². The van der Waals surface area contributed by atoms with E-state index in [-0.39, 0.29) is 0 Å². The average molecular weight is 323 g/mol. The van der Waals surface area contributed by atoms with Crippen molar-refractivity contribution >= 4 is 23.4 Å². The van der Waals surface area contributed by atoms with Gasteiger partial charge in [-0.2, -0.15) is 11.8 Å². The molecule has 0 heterocycles. The van der Waals surface area contributed by atoms with E-state index in [0.29, 0.717) is 6.54 Å². The lowest BCUT2D eigenvalue weighted by Crippen LogP contribution is -2.37. The first-order valence-corrected chi connectivity index (χ1v) is 9.34. The predicted octanol–water partition coefficient (Wildman–Crippen LogP) is 2.95. The maximum atomic E-state index is 4.67. The van der Waals surface area contributed by atoms with Crippen molar-refractivity contribution in [2.45, 2.75) is 26.3 Å². The lowest BCUT2D eigenvalue weighted by molar-refractivity contribution is 0.734. The highest BCUT2D eigenvalue weighted by atomic mass is 32.2. The third-order valence-electron chi connectivity index (χ3n) is 3.26. The highest BCUT2D eigenvalue weighted by Gasteiger charge is 1.99. The summed E-state index contributed by atoms with van der Waals surface area (Å²) in [4.78, 5) is 6.79. The maximum Gasteiger partial charge on any atom is 0.191 e. The molecule has 0 unspecified atom stereocenters. The number of rotatable bonds is 9. The van der Waals surface area contributed by atoms with Crippen molar-refractivity contribution in [3.05, 3.63) is 29.8 Å². The zero-order valence-electron chi connectivity index (χ0n) is 14.4. The number of hydrogen-bond acceptors (Lipinski definition) is 3. The first kappa shape index (κ1) is 18.7. The largest absolute Gasteiger partial charge is 0.378 e. The van der Waals surface area contributed by atoms with Crippen molar-refractivity contribution in [1.82, 2.24) is 10.6 Å². The van der Waals surface area contributed by atoms with Crippen LogP contribution in [0.15, 0.2) is 29.3 Å². The van der Waals surface area contributed by atoms with Gasteiger partial charge < -0.3 is 15.5 Å². The van der Waals surface area contributed by atoms with Crippen LogP contribution in [-0.2, 0) is 6.54 Å².